The van der Waals surface area contributed by atoms with Crippen molar-refractivity contribution in [2.75, 3.05) is 0 Å². The molecule has 0 N–H and O–H groups in total. The third-order valence-electron chi connectivity index (χ3n) is 4.05. The molecule has 22 heavy (non-hydrogen) atoms. The molecular formula is C16H13N3O2S. The zero-order valence-corrected chi connectivity index (χ0v) is 12.6. The number of fused-ring (bicyclic) bond motifs is 3. The van der Waals surface area contributed by atoms with Gasteiger partial charge in [-0.05, 0) is 43.4 Å². The monoisotopic (exact) mass is 311 g/mol. The molecule has 5 nitrogen and oxygen atoms in total. The van der Waals surface area contributed by atoms with Crippen molar-refractivity contribution in [1.29, 1.82) is 0 Å². The number of rotatable bonds is 2. The molecule has 1 aliphatic rings. The first-order valence-corrected chi connectivity index (χ1v) is 8.04. The predicted molar refractivity (Wildman–Crippen MR) is 85.0 cm³/mol. The highest BCUT2D eigenvalue weighted by molar-refractivity contribution is 7.19. The van der Waals surface area contributed by atoms with Crippen LogP contribution >= 0.6 is 11.3 Å². The number of aryl methyl sites for hydroxylation is 2. The van der Waals surface area contributed by atoms with Crippen LogP contribution in [0.2, 0.25) is 0 Å². The van der Waals surface area contributed by atoms with E-state index in [1.165, 1.54) is 21.5 Å². The molecule has 3 aromatic heterocycles. The van der Waals surface area contributed by atoms with Gasteiger partial charge in [-0.1, -0.05) is 0 Å². The number of aldehydes is 1. The average molecular weight is 311 g/mol. The minimum Gasteiger partial charge on any atom is -0.298 e. The SMILES string of the molecule is O=Cc1cccnc1-n1ncc2c3c(sc2c1=O)CCCC3. The Kier molecular flexibility index (Phi) is 3.11. The van der Waals surface area contributed by atoms with E-state index in [9.17, 15) is 9.59 Å². The highest BCUT2D eigenvalue weighted by Gasteiger charge is 2.20. The normalized spacial score (nSPS) is 14.0. The first-order chi connectivity index (χ1) is 10.8. The van der Waals surface area contributed by atoms with Gasteiger partial charge in [-0.2, -0.15) is 9.78 Å². The quantitative estimate of drug-likeness (QED) is 0.682. The molecule has 0 aliphatic heterocycles. The fourth-order valence-corrected chi connectivity index (χ4v) is 4.27. The molecule has 0 atom stereocenters. The molecular weight excluding hydrogens is 298 g/mol. The summed E-state index contributed by atoms with van der Waals surface area (Å²) in [6.45, 7) is 0. The molecule has 110 valence electrons. The number of nitrogens with zero attached hydrogens (tertiary/aromatic N) is 3. The first-order valence-electron chi connectivity index (χ1n) is 7.23. The second kappa shape index (κ2) is 5.14. The van der Waals surface area contributed by atoms with Gasteiger partial charge in [0.2, 0.25) is 0 Å². The molecule has 3 aromatic rings. The van der Waals surface area contributed by atoms with Crippen molar-refractivity contribution in [3.05, 3.63) is 50.9 Å². The molecule has 0 unspecified atom stereocenters. The van der Waals surface area contributed by atoms with Crippen LogP contribution in [-0.2, 0) is 12.8 Å². The van der Waals surface area contributed by atoms with Crippen LogP contribution in [0.25, 0.3) is 15.9 Å². The minimum atomic E-state index is -0.196. The zero-order valence-electron chi connectivity index (χ0n) is 11.8. The lowest BCUT2D eigenvalue weighted by molar-refractivity contribution is 0.112. The molecule has 1 aliphatic carbocycles. The molecule has 6 heteroatoms. The van der Waals surface area contributed by atoms with Crippen molar-refractivity contribution >= 4 is 27.7 Å². The number of carbonyl (C=O) groups excluding carboxylic acids is 1. The number of carbonyl (C=O) groups is 1. The molecule has 0 fully saturated rings. The lowest BCUT2D eigenvalue weighted by Gasteiger charge is -2.10. The maximum atomic E-state index is 12.8. The molecule has 4 rings (SSSR count). The summed E-state index contributed by atoms with van der Waals surface area (Å²) in [6.07, 6.45) is 8.39. The number of thiophene rings is 1. The number of pyridine rings is 1. The van der Waals surface area contributed by atoms with Crippen molar-refractivity contribution in [2.24, 2.45) is 0 Å². The molecule has 3 heterocycles. The minimum absolute atomic E-state index is 0.196. The summed E-state index contributed by atoms with van der Waals surface area (Å²) in [6, 6.07) is 3.30. The van der Waals surface area contributed by atoms with E-state index >= 15 is 0 Å². The van der Waals surface area contributed by atoms with Crippen LogP contribution < -0.4 is 5.56 Å². The van der Waals surface area contributed by atoms with Crippen LogP contribution in [0.3, 0.4) is 0 Å². The van der Waals surface area contributed by atoms with E-state index in [-0.39, 0.29) is 11.4 Å². The van der Waals surface area contributed by atoms with Gasteiger partial charge in [0.25, 0.3) is 5.56 Å². The highest BCUT2D eigenvalue weighted by Crippen LogP contribution is 2.34. The largest absolute Gasteiger partial charge is 0.298 e. The van der Waals surface area contributed by atoms with Crippen LogP contribution in [-0.4, -0.2) is 21.1 Å². The van der Waals surface area contributed by atoms with Crippen molar-refractivity contribution in [2.45, 2.75) is 25.7 Å². The molecule has 0 saturated carbocycles. The Morgan fingerprint density at radius 1 is 1.27 bits per heavy atom. The lowest BCUT2D eigenvalue weighted by Crippen LogP contribution is -2.22. The van der Waals surface area contributed by atoms with E-state index < -0.39 is 0 Å². The molecule has 0 bridgehead atoms. The van der Waals surface area contributed by atoms with Gasteiger partial charge in [0.05, 0.1) is 11.8 Å². The van der Waals surface area contributed by atoms with Crippen molar-refractivity contribution < 1.29 is 4.79 Å². The Labute approximate surface area is 130 Å². The Balaban J connectivity index is 1.99. The molecule has 0 aromatic carbocycles. The summed E-state index contributed by atoms with van der Waals surface area (Å²) in [5.74, 6) is 0.288. The van der Waals surface area contributed by atoms with Gasteiger partial charge in [-0.25, -0.2) is 4.98 Å². The third kappa shape index (κ3) is 1.91. The second-order valence-corrected chi connectivity index (χ2v) is 6.45. The Morgan fingerprint density at radius 3 is 3.00 bits per heavy atom. The lowest BCUT2D eigenvalue weighted by atomic mass is 9.97. The summed E-state index contributed by atoms with van der Waals surface area (Å²) < 4.78 is 1.94. The third-order valence-corrected chi connectivity index (χ3v) is 5.34. The van der Waals surface area contributed by atoms with Crippen LogP contribution in [0, 0.1) is 0 Å². The van der Waals surface area contributed by atoms with Crippen molar-refractivity contribution in [3.63, 3.8) is 0 Å². The van der Waals surface area contributed by atoms with E-state index in [4.69, 9.17) is 0 Å². The van der Waals surface area contributed by atoms with Crippen molar-refractivity contribution in [3.8, 4) is 5.82 Å². The van der Waals surface area contributed by atoms with E-state index in [0.29, 0.717) is 16.5 Å². The summed E-state index contributed by atoms with van der Waals surface area (Å²) in [5.41, 5.74) is 1.44. The standard InChI is InChI=1S/C16H13N3O2S/c20-9-10-4-3-7-17-15(10)19-16(21)14-12(8-18-19)11-5-1-2-6-13(11)22-14/h3-4,7-9H,1-2,5-6H2. The molecule has 0 spiro atoms. The molecule has 0 saturated heterocycles. The van der Waals surface area contributed by atoms with Gasteiger partial charge in [-0.3, -0.25) is 9.59 Å². The maximum Gasteiger partial charge on any atom is 0.290 e. The van der Waals surface area contributed by atoms with E-state index in [1.807, 2.05) is 0 Å². The van der Waals surface area contributed by atoms with Gasteiger partial charge in [0.1, 0.15) is 4.70 Å². The topological polar surface area (TPSA) is 64.8 Å². The molecule has 0 amide bonds. The number of aromatic nitrogens is 3. The van der Waals surface area contributed by atoms with E-state index in [1.54, 1.807) is 35.9 Å². The second-order valence-electron chi connectivity index (χ2n) is 5.35. The number of hydrogen-bond donors (Lipinski definition) is 0. The van der Waals surface area contributed by atoms with Gasteiger partial charge in [0, 0.05) is 16.5 Å². The van der Waals surface area contributed by atoms with Crippen LogP contribution in [0.4, 0.5) is 0 Å². The van der Waals surface area contributed by atoms with Gasteiger partial charge in [0.15, 0.2) is 12.1 Å². The van der Waals surface area contributed by atoms with Crippen LogP contribution in [0.15, 0.2) is 29.3 Å². The Morgan fingerprint density at radius 2 is 2.14 bits per heavy atom. The average Bonchev–Trinajstić information content (AvgIpc) is 2.95. The first kappa shape index (κ1) is 13.3. The summed E-state index contributed by atoms with van der Waals surface area (Å²) in [4.78, 5) is 29.4. The fourth-order valence-electron chi connectivity index (χ4n) is 2.98. The Hall–Kier alpha value is -2.34. The van der Waals surface area contributed by atoms with Crippen LogP contribution in [0.5, 0.6) is 0 Å². The summed E-state index contributed by atoms with van der Waals surface area (Å²) in [5, 5.41) is 5.22. The maximum absolute atomic E-state index is 12.8. The van der Waals surface area contributed by atoms with Crippen molar-refractivity contribution in [1.82, 2.24) is 14.8 Å². The fraction of sp³-hybridized carbons (Fsp3) is 0.250. The number of hydrogen-bond acceptors (Lipinski definition) is 5. The summed E-state index contributed by atoms with van der Waals surface area (Å²) >= 11 is 1.56. The highest BCUT2D eigenvalue weighted by atomic mass is 32.1. The molecule has 0 radical (unpaired) electrons. The van der Waals surface area contributed by atoms with Gasteiger partial charge in [-0.15, -0.1) is 11.3 Å². The zero-order chi connectivity index (χ0) is 15.1. The van der Waals surface area contributed by atoms with Crippen LogP contribution in [0.1, 0.15) is 33.6 Å². The van der Waals surface area contributed by atoms with E-state index in [0.717, 1.165) is 24.6 Å². The van der Waals surface area contributed by atoms with Gasteiger partial charge >= 0.3 is 0 Å². The summed E-state index contributed by atoms with van der Waals surface area (Å²) in [7, 11) is 0. The van der Waals surface area contributed by atoms with Gasteiger partial charge < -0.3 is 0 Å². The Bertz CT molecular complexity index is 942. The van der Waals surface area contributed by atoms with E-state index in [2.05, 4.69) is 10.1 Å². The smallest absolute Gasteiger partial charge is 0.290 e. The predicted octanol–water partition coefficient (Wildman–Crippen LogP) is 2.53.